The van der Waals surface area contributed by atoms with E-state index in [1.165, 1.54) is 0 Å². The molecule has 6 heteroatoms. The zero-order valence-corrected chi connectivity index (χ0v) is 13.3. The van der Waals surface area contributed by atoms with E-state index < -0.39 is 12.1 Å². The Morgan fingerprint density at radius 3 is 2.57 bits per heavy atom. The molecular weight excluding hydrogens is 340 g/mol. The lowest BCUT2D eigenvalue weighted by Crippen LogP contribution is -2.02. The summed E-state index contributed by atoms with van der Waals surface area (Å²) in [4.78, 5) is 10.5. The zero-order valence-electron chi connectivity index (χ0n) is 11.7. The molecule has 1 unspecified atom stereocenters. The summed E-state index contributed by atoms with van der Waals surface area (Å²) in [6.07, 6.45) is 2.06. The van der Waals surface area contributed by atoms with Crippen molar-refractivity contribution in [2.24, 2.45) is 0 Å². The van der Waals surface area contributed by atoms with Gasteiger partial charge in [0.25, 0.3) is 0 Å². The van der Waals surface area contributed by atoms with Crippen molar-refractivity contribution >= 4 is 21.9 Å². The molecule has 1 aromatic rings. The van der Waals surface area contributed by atoms with Gasteiger partial charge in [0, 0.05) is 17.3 Å². The predicted molar refractivity (Wildman–Crippen MR) is 80.8 cm³/mol. The highest BCUT2D eigenvalue weighted by molar-refractivity contribution is 9.10. The van der Waals surface area contributed by atoms with Crippen LogP contribution in [0.3, 0.4) is 0 Å². The van der Waals surface area contributed by atoms with E-state index in [9.17, 15) is 9.90 Å². The van der Waals surface area contributed by atoms with E-state index in [1.54, 1.807) is 6.07 Å². The number of rotatable bonds is 6. The van der Waals surface area contributed by atoms with E-state index in [2.05, 4.69) is 15.9 Å². The first-order chi connectivity index (χ1) is 10.1. The van der Waals surface area contributed by atoms with Crippen LogP contribution in [0.4, 0.5) is 0 Å². The fraction of sp³-hybridized carbons (Fsp3) is 0.533. The maximum atomic E-state index is 10.5. The van der Waals surface area contributed by atoms with Crippen LogP contribution in [0, 0.1) is 0 Å². The molecule has 0 amide bonds. The number of halogens is 1. The average molecular weight is 359 g/mol. The van der Waals surface area contributed by atoms with E-state index in [-0.39, 0.29) is 6.42 Å². The van der Waals surface area contributed by atoms with E-state index in [1.807, 2.05) is 6.07 Å². The molecule has 0 saturated carbocycles. The van der Waals surface area contributed by atoms with Gasteiger partial charge in [-0.3, -0.25) is 4.79 Å². The number of hydrogen-bond donors (Lipinski definition) is 2. The van der Waals surface area contributed by atoms with Crippen LogP contribution >= 0.6 is 15.9 Å². The summed E-state index contributed by atoms with van der Waals surface area (Å²) in [7, 11) is 0. The minimum Gasteiger partial charge on any atom is -0.490 e. The van der Waals surface area contributed by atoms with Gasteiger partial charge in [0.15, 0.2) is 11.5 Å². The fourth-order valence-electron chi connectivity index (χ4n) is 2.22. The Balaban J connectivity index is 2.01. The van der Waals surface area contributed by atoms with Crippen LogP contribution < -0.4 is 9.47 Å². The Morgan fingerprint density at radius 2 is 1.90 bits per heavy atom. The number of unbranched alkanes of at least 4 members (excludes halogenated alkanes) is 1. The SMILES string of the molecule is O=C(O)CCCCC(O)c1cc2c(cc1Br)OCCCO2. The summed E-state index contributed by atoms with van der Waals surface area (Å²) in [6, 6.07) is 3.61. The van der Waals surface area contributed by atoms with Gasteiger partial charge >= 0.3 is 5.97 Å². The summed E-state index contributed by atoms with van der Waals surface area (Å²) in [6.45, 7) is 1.22. The molecule has 2 N–H and O–H groups in total. The first-order valence-electron chi connectivity index (χ1n) is 7.07. The van der Waals surface area contributed by atoms with Crippen LogP contribution in [-0.2, 0) is 4.79 Å². The molecule has 1 aliphatic heterocycles. The number of carbonyl (C=O) groups is 1. The molecule has 0 bridgehead atoms. The lowest BCUT2D eigenvalue weighted by Gasteiger charge is -2.16. The van der Waals surface area contributed by atoms with Crippen LogP contribution in [-0.4, -0.2) is 29.4 Å². The van der Waals surface area contributed by atoms with Crippen molar-refractivity contribution in [3.05, 3.63) is 22.2 Å². The third kappa shape index (κ3) is 4.61. The maximum Gasteiger partial charge on any atom is 0.303 e. The van der Waals surface area contributed by atoms with Crippen LogP contribution in [0.5, 0.6) is 11.5 Å². The van der Waals surface area contributed by atoms with Gasteiger partial charge in [0.1, 0.15) is 0 Å². The number of aliphatic carboxylic acids is 1. The van der Waals surface area contributed by atoms with Gasteiger partial charge < -0.3 is 19.7 Å². The van der Waals surface area contributed by atoms with Crippen molar-refractivity contribution in [3.8, 4) is 11.5 Å². The van der Waals surface area contributed by atoms with Gasteiger partial charge in [-0.1, -0.05) is 15.9 Å². The summed E-state index contributed by atoms with van der Waals surface area (Å²) >= 11 is 3.44. The summed E-state index contributed by atoms with van der Waals surface area (Å²) < 4.78 is 12.0. The molecule has 0 saturated heterocycles. The quantitative estimate of drug-likeness (QED) is 0.763. The third-order valence-electron chi connectivity index (χ3n) is 3.34. The number of fused-ring (bicyclic) bond motifs is 1. The number of carboxylic acid groups (broad SMARTS) is 1. The summed E-state index contributed by atoms with van der Waals surface area (Å²) in [5.74, 6) is 0.526. The Hall–Kier alpha value is -1.27. The van der Waals surface area contributed by atoms with Gasteiger partial charge in [0.2, 0.25) is 0 Å². The standard InChI is InChI=1S/C15H19BrO5/c16-11-9-14-13(20-6-3-7-21-14)8-10(11)12(17)4-1-2-5-15(18)19/h8-9,12,17H,1-7H2,(H,18,19). The molecule has 1 aromatic carbocycles. The summed E-state index contributed by atoms with van der Waals surface area (Å²) in [5, 5.41) is 18.9. The van der Waals surface area contributed by atoms with Gasteiger partial charge in [-0.15, -0.1) is 0 Å². The number of benzene rings is 1. The maximum absolute atomic E-state index is 10.5. The number of carboxylic acids is 1. The van der Waals surface area contributed by atoms with Crippen molar-refractivity contribution in [1.29, 1.82) is 0 Å². The molecule has 0 aliphatic carbocycles. The normalized spacial score (nSPS) is 15.3. The highest BCUT2D eigenvalue weighted by Crippen LogP contribution is 2.38. The molecule has 1 atom stereocenters. The van der Waals surface area contributed by atoms with Crippen molar-refractivity contribution in [1.82, 2.24) is 0 Å². The number of hydrogen-bond acceptors (Lipinski definition) is 4. The Bertz CT molecular complexity index is 503. The Kier molecular flexibility index (Phi) is 5.87. The van der Waals surface area contributed by atoms with Crippen molar-refractivity contribution in [2.75, 3.05) is 13.2 Å². The van der Waals surface area contributed by atoms with E-state index in [0.29, 0.717) is 44.0 Å². The molecular formula is C15H19BrO5. The minimum atomic E-state index is -0.804. The number of aliphatic hydroxyl groups excluding tert-OH is 1. The second-order valence-electron chi connectivity index (χ2n) is 5.03. The van der Waals surface area contributed by atoms with Gasteiger partial charge in [-0.05, 0) is 37.0 Å². The molecule has 2 rings (SSSR count). The average Bonchev–Trinajstić information content (AvgIpc) is 2.67. The summed E-state index contributed by atoms with van der Waals surface area (Å²) in [5.41, 5.74) is 0.745. The minimum absolute atomic E-state index is 0.134. The van der Waals surface area contributed by atoms with Crippen molar-refractivity contribution in [3.63, 3.8) is 0 Å². The molecule has 0 aromatic heterocycles. The Morgan fingerprint density at radius 1 is 1.24 bits per heavy atom. The third-order valence-corrected chi connectivity index (χ3v) is 4.03. The van der Waals surface area contributed by atoms with Gasteiger partial charge in [-0.2, -0.15) is 0 Å². The zero-order chi connectivity index (χ0) is 15.2. The molecule has 1 heterocycles. The highest BCUT2D eigenvalue weighted by atomic mass is 79.9. The molecule has 0 radical (unpaired) electrons. The van der Waals surface area contributed by atoms with Crippen molar-refractivity contribution < 1.29 is 24.5 Å². The van der Waals surface area contributed by atoms with Gasteiger partial charge in [0.05, 0.1) is 19.3 Å². The lowest BCUT2D eigenvalue weighted by atomic mass is 10.0. The van der Waals surface area contributed by atoms with Crippen LogP contribution in [0.15, 0.2) is 16.6 Å². The monoisotopic (exact) mass is 358 g/mol. The van der Waals surface area contributed by atoms with Crippen LogP contribution in [0.25, 0.3) is 0 Å². The smallest absolute Gasteiger partial charge is 0.303 e. The fourth-order valence-corrected chi connectivity index (χ4v) is 2.81. The van der Waals surface area contributed by atoms with E-state index in [4.69, 9.17) is 14.6 Å². The van der Waals surface area contributed by atoms with Gasteiger partial charge in [-0.25, -0.2) is 0 Å². The van der Waals surface area contributed by atoms with Crippen LogP contribution in [0.2, 0.25) is 0 Å². The molecule has 0 fully saturated rings. The van der Waals surface area contributed by atoms with Crippen LogP contribution in [0.1, 0.15) is 43.8 Å². The first kappa shape index (κ1) is 16.1. The highest BCUT2D eigenvalue weighted by Gasteiger charge is 2.18. The molecule has 116 valence electrons. The predicted octanol–water partition coefficient (Wildman–Crippen LogP) is 3.29. The lowest BCUT2D eigenvalue weighted by molar-refractivity contribution is -0.137. The Labute approximate surface area is 132 Å². The topological polar surface area (TPSA) is 76.0 Å². The molecule has 21 heavy (non-hydrogen) atoms. The number of aliphatic hydroxyl groups is 1. The second-order valence-corrected chi connectivity index (χ2v) is 5.88. The van der Waals surface area contributed by atoms with E-state index in [0.717, 1.165) is 16.5 Å². The second kappa shape index (κ2) is 7.66. The molecule has 5 nitrogen and oxygen atoms in total. The largest absolute Gasteiger partial charge is 0.490 e. The van der Waals surface area contributed by atoms with E-state index >= 15 is 0 Å². The molecule has 0 spiro atoms. The number of ether oxygens (including phenoxy) is 2. The first-order valence-corrected chi connectivity index (χ1v) is 7.86. The molecule has 1 aliphatic rings. The van der Waals surface area contributed by atoms with Crippen molar-refractivity contribution in [2.45, 2.75) is 38.2 Å².